The third kappa shape index (κ3) is 4.20. The maximum absolute atomic E-state index is 13.7. The molecule has 2 unspecified atom stereocenters. The second-order valence-electron chi connectivity index (χ2n) is 7.72. The van der Waals surface area contributed by atoms with Crippen LogP contribution in [0.2, 0.25) is 5.02 Å². The number of hydrogen-bond donors (Lipinski definition) is 2. The van der Waals surface area contributed by atoms with Gasteiger partial charge in [0.1, 0.15) is 10.8 Å². The molecule has 0 aliphatic carbocycles. The van der Waals surface area contributed by atoms with Gasteiger partial charge in [-0.3, -0.25) is 0 Å². The molecule has 1 saturated heterocycles. The van der Waals surface area contributed by atoms with Gasteiger partial charge in [0, 0.05) is 12.1 Å². The predicted molar refractivity (Wildman–Crippen MR) is 111 cm³/mol. The molecule has 2 aliphatic heterocycles. The van der Waals surface area contributed by atoms with Gasteiger partial charge >= 0.3 is 5.97 Å². The minimum atomic E-state index is -0.854. The Morgan fingerprint density at radius 3 is 2.60 bits per heavy atom. The minimum Gasteiger partial charge on any atom is -0.489 e. The summed E-state index contributed by atoms with van der Waals surface area (Å²) in [6.07, 6.45) is 3.88. The number of carboxylic acid groups (broad SMARTS) is 1. The second kappa shape index (κ2) is 8.74. The van der Waals surface area contributed by atoms with Crippen molar-refractivity contribution in [2.45, 2.75) is 44.2 Å². The summed E-state index contributed by atoms with van der Waals surface area (Å²) in [5, 5.41) is 12.7. The summed E-state index contributed by atoms with van der Waals surface area (Å²) in [6, 6.07) is 10.1. The zero-order chi connectivity index (χ0) is 21.3. The molecular weight excluding hydrogens is 412 g/mol. The van der Waals surface area contributed by atoms with Crippen LogP contribution in [0.15, 0.2) is 42.0 Å². The number of rotatable bonds is 7. The number of aliphatic carboxylic acids is 1. The van der Waals surface area contributed by atoms with E-state index >= 15 is 0 Å². The van der Waals surface area contributed by atoms with E-state index in [4.69, 9.17) is 16.3 Å². The van der Waals surface area contributed by atoms with Crippen molar-refractivity contribution in [3.63, 3.8) is 0 Å². The highest BCUT2D eigenvalue weighted by atomic mass is 35.5. The lowest BCUT2D eigenvalue weighted by molar-refractivity contribution is -0.133. The molecule has 0 saturated carbocycles. The molecule has 0 radical (unpaired) electrons. The van der Waals surface area contributed by atoms with Crippen molar-refractivity contribution in [2.75, 3.05) is 6.61 Å². The van der Waals surface area contributed by atoms with Gasteiger partial charge < -0.3 is 15.2 Å². The van der Waals surface area contributed by atoms with E-state index in [1.807, 2.05) is 24.3 Å². The molecule has 1 fully saturated rings. The van der Waals surface area contributed by atoms with Crippen LogP contribution in [0.25, 0.3) is 5.57 Å². The number of benzene rings is 2. The van der Waals surface area contributed by atoms with Crippen molar-refractivity contribution in [1.29, 1.82) is 0 Å². The quantitative estimate of drug-likeness (QED) is 0.477. The zero-order valence-corrected chi connectivity index (χ0v) is 17.0. The van der Waals surface area contributed by atoms with Gasteiger partial charge in [0.05, 0.1) is 12.2 Å². The average molecular weight is 434 g/mol. The summed E-state index contributed by atoms with van der Waals surface area (Å²) in [5.74, 6) is -2.53. The van der Waals surface area contributed by atoms with Crippen LogP contribution in [0.4, 0.5) is 8.78 Å². The van der Waals surface area contributed by atoms with E-state index in [-0.39, 0.29) is 23.4 Å². The number of fused-ring (bicyclic) bond motifs is 2. The summed E-state index contributed by atoms with van der Waals surface area (Å²) in [5.41, 5.74) is 3.40. The van der Waals surface area contributed by atoms with Crippen molar-refractivity contribution in [1.82, 2.24) is 5.32 Å². The van der Waals surface area contributed by atoms with Gasteiger partial charge in [-0.15, -0.1) is 0 Å². The number of carbonyl (C=O) groups is 1. The van der Waals surface area contributed by atoms with Gasteiger partial charge in [-0.05, 0) is 60.9 Å². The molecule has 2 atom stereocenters. The molecule has 7 heteroatoms. The summed E-state index contributed by atoms with van der Waals surface area (Å²) in [6.45, 7) is 0.200. The van der Waals surface area contributed by atoms with Gasteiger partial charge in [-0.1, -0.05) is 35.9 Å². The van der Waals surface area contributed by atoms with Crippen LogP contribution < -0.4 is 10.1 Å². The Bertz CT molecular complexity index is 991. The van der Waals surface area contributed by atoms with E-state index in [0.717, 1.165) is 48.1 Å². The molecule has 4 rings (SSSR count). The third-order valence-electron chi connectivity index (χ3n) is 5.76. The molecule has 2 aromatic carbocycles. The largest absolute Gasteiger partial charge is 0.489 e. The summed E-state index contributed by atoms with van der Waals surface area (Å²) in [4.78, 5) is 11.8. The topological polar surface area (TPSA) is 58.6 Å². The Kier molecular flexibility index (Phi) is 6.06. The molecule has 30 heavy (non-hydrogen) atoms. The molecule has 0 amide bonds. The van der Waals surface area contributed by atoms with Gasteiger partial charge in [-0.25, -0.2) is 13.6 Å². The van der Waals surface area contributed by atoms with E-state index < -0.39 is 17.6 Å². The lowest BCUT2D eigenvalue weighted by Crippen LogP contribution is -2.38. The SMILES string of the molecule is O=C(O)C1=C(c2ccc(CCCOc3c(F)ccc(F)c3Cl)cc2)CC2CCC1N2. The maximum Gasteiger partial charge on any atom is 0.333 e. The van der Waals surface area contributed by atoms with E-state index in [9.17, 15) is 18.7 Å². The van der Waals surface area contributed by atoms with E-state index in [1.54, 1.807) is 0 Å². The Morgan fingerprint density at radius 1 is 1.13 bits per heavy atom. The fourth-order valence-electron chi connectivity index (χ4n) is 4.29. The average Bonchev–Trinajstić information content (AvgIpc) is 3.10. The highest BCUT2D eigenvalue weighted by Gasteiger charge is 2.37. The van der Waals surface area contributed by atoms with Gasteiger partial charge in [0.15, 0.2) is 11.6 Å². The lowest BCUT2D eigenvalue weighted by Gasteiger charge is -2.26. The fraction of sp³-hybridized carbons (Fsp3) is 0.348. The first-order valence-electron chi connectivity index (χ1n) is 10.0. The first-order chi connectivity index (χ1) is 14.4. The highest BCUT2D eigenvalue weighted by Crippen LogP contribution is 2.37. The smallest absolute Gasteiger partial charge is 0.333 e. The fourth-order valence-corrected chi connectivity index (χ4v) is 4.50. The Balaban J connectivity index is 1.38. The monoisotopic (exact) mass is 433 g/mol. The summed E-state index contributed by atoms with van der Waals surface area (Å²) >= 11 is 5.75. The lowest BCUT2D eigenvalue weighted by atomic mass is 9.89. The molecule has 4 nitrogen and oxygen atoms in total. The van der Waals surface area contributed by atoms with Crippen LogP contribution in [0.1, 0.15) is 36.8 Å². The molecule has 2 aromatic rings. The Morgan fingerprint density at radius 2 is 1.87 bits per heavy atom. The zero-order valence-electron chi connectivity index (χ0n) is 16.3. The van der Waals surface area contributed by atoms with Gasteiger partial charge in [0.2, 0.25) is 0 Å². The first-order valence-corrected chi connectivity index (χ1v) is 10.4. The van der Waals surface area contributed by atoms with E-state index in [1.165, 1.54) is 0 Å². The first kappa shape index (κ1) is 20.8. The molecular formula is C23H22ClF2NO3. The number of ether oxygens (including phenoxy) is 1. The molecule has 2 N–H and O–H groups in total. The van der Waals surface area contributed by atoms with Crippen molar-refractivity contribution in [3.8, 4) is 5.75 Å². The van der Waals surface area contributed by atoms with Crippen molar-refractivity contribution in [3.05, 3.63) is 69.8 Å². The summed E-state index contributed by atoms with van der Waals surface area (Å²) in [7, 11) is 0. The van der Waals surface area contributed by atoms with Crippen molar-refractivity contribution in [2.24, 2.45) is 0 Å². The maximum atomic E-state index is 13.7. The van der Waals surface area contributed by atoms with Crippen LogP contribution in [0, 0.1) is 11.6 Å². The van der Waals surface area contributed by atoms with Crippen LogP contribution in [-0.2, 0) is 11.2 Å². The summed E-state index contributed by atoms with van der Waals surface area (Å²) < 4.78 is 32.5. The predicted octanol–water partition coefficient (Wildman–Crippen LogP) is 4.99. The number of carboxylic acids is 1. The van der Waals surface area contributed by atoms with Crippen molar-refractivity contribution >= 4 is 23.1 Å². The number of halogens is 3. The standard InChI is InChI=1S/C23H22ClF2NO3/c24-21-17(25)8-9-18(26)22(21)30-11-1-2-13-3-5-14(6-4-13)16-12-15-7-10-19(27-15)20(16)23(28)29/h3-6,8-9,15,19,27H,1-2,7,10-12H2,(H,28,29). The molecule has 2 bridgehead atoms. The highest BCUT2D eigenvalue weighted by molar-refractivity contribution is 6.32. The molecule has 2 heterocycles. The van der Waals surface area contributed by atoms with Gasteiger partial charge in [-0.2, -0.15) is 0 Å². The van der Waals surface area contributed by atoms with Crippen LogP contribution in [-0.4, -0.2) is 29.8 Å². The molecule has 158 valence electrons. The van der Waals surface area contributed by atoms with E-state index in [0.29, 0.717) is 24.5 Å². The minimum absolute atomic E-state index is 0.0666. The normalized spacial score (nSPS) is 20.5. The van der Waals surface area contributed by atoms with E-state index in [2.05, 4.69) is 5.32 Å². The van der Waals surface area contributed by atoms with Crippen molar-refractivity contribution < 1.29 is 23.4 Å². The second-order valence-corrected chi connectivity index (χ2v) is 8.09. The number of nitrogens with one attached hydrogen (secondary N) is 1. The Labute approximate surface area is 178 Å². The van der Waals surface area contributed by atoms with Gasteiger partial charge in [0.25, 0.3) is 0 Å². The molecule has 2 aliphatic rings. The number of hydrogen-bond acceptors (Lipinski definition) is 3. The molecule has 0 spiro atoms. The molecule has 0 aromatic heterocycles. The van der Waals surface area contributed by atoms with Crippen LogP contribution >= 0.6 is 11.6 Å². The third-order valence-corrected chi connectivity index (χ3v) is 6.11. The van der Waals surface area contributed by atoms with Crippen LogP contribution in [0.5, 0.6) is 5.75 Å². The van der Waals surface area contributed by atoms with Crippen LogP contribution in [0.3, 0.4) is 0 Å². The number of aryl methyl sites for hydroxylation is 1. The Hall–Kier alpha value is -2.44.